The number of aryl methyl sites for hydroxylation is 1. The summed E-state index contributed by atoms with van der Waals surface area (Å²) in [5, 5.41) is 4.61. The fraction of sp³-hybridized carbons (Fsp3) is 0.250. The normalized spacial score (nSPS) is 10.5. The quantitative estimate of drug-likeness (QED) is 0.797. The Morgan fingerprint density at radius 3 is 2.71 bits per heavy atom. The van der Waals surface area contributed by atoms with Crippen molar-refractivity contribution >= 4 is 28.9 Å². The van der Waals surface area contributed by atoms with Crippen LogP contribution in [0.25, 0.3) is 0 Å². The zero-order chi connectivity index (χ0) is 12.3. The molecule has 0 saturated carbocycles. The van der Waals surface area contributed by atoms with Gasteiger partial charge in [0.2, 0.25) is 5.78 Å². The number of hydrogen-bond donors (Lipinski definition) is 0. The molecule has 0 atom stereocenters. The van der Waals surface area contributed by atoms with Crippen molar-refractivity contribution in [1.82, 2.24) is 9.59 Å². The number of aromatic nitrogens is 2. The van der Waals surface area contributed by atoms with Crippen LogP contribution >= 0.6 is 23.1 Å². The molecule has 0 N–H and O–H groups in total. The van der Waals surface area contributed by atoms with Crippen LogP contribution in [0, 0.1) is 0 Å². The highest BCUT2D eigenvalue weighted by Gasteiger charge is 2.17. The summed E-state index contributed by atoms with van der Waals surface area (Å²) in [5.41, 5.74) is 1.41. The first-order valence-electron chi connectivity index (χ1n) is 5.34. The lowest BCUT2D eigenvalue weighted by atomic mass is 10.1. The number of nitrogens with zero attached hydrogens (tertiary/aromatic N) is 2. The highest BCUT2D eigenvalue weighted by atomic mass is 35.5. The Morgan fingerprint density at radius 2 is 2.06 bits per heavy atom. The Labute approximate surface area is 109 Å². The van der Waals surface area contributed by atoms with Gasteiger partial charge in [0.1, 0.15) is 4.88 Å². The van der Waals surface area contributed by atoms with E-state index in [0.717, 1.165) is 30.1 Å². The minimum atomic E-state index is -0.0277. The third-order valence-electron chi connectivity index (χ3n) is 2.36. The molecule has 0 saturated heterocycles. The number of rotatable bonds is 4. The van der Waals surface area contributed by atoms with Crippen molar-refractivity contribution in [2.24, 2.45) is 0 Å². The van der Waals surface area contributed by atoms with Crippen LogP contribution < -0.4 is 0 Å². The summed E-state index contributed by atoms with van der Waals surface area (Å²) in [6.07, 6.45) is 1.73. The molecule has 0 radical (unpaired) electrons. The zero-order valence-corrected chi connectivity index (χ0v) is 10.9. The first kappa shape index (κ1) is 12.2. The van der Waals surface area contributed by atoms with E-state index in [4.69, 9.17) is 11.6 Å². The molecule has 88 valence electrons. The van der Waals surface area contributed by atoms with Gasteiger partial charge in [-0.05, 0) is 42.2 Å². The van der Waals surface area contributed by atoms with Gasteiger partial charge in [0.05, 0.1) is 5.69 Å². The van der Waals surface area contributed by atoms with Crippen LogP contribution in [-0.2, 0) is 6.42 Å². The van der Waals surface area contributed by atoms with Gasteiger partial charge in [-0.25, -0.2) is 0 Å². The van der Waals surface area contributed by atoms with E-state index < -0.39 is 0 Å². The molecule has 0 spiro atoms. The minimum Gasteiger partial charge on any atom is -0.288 e. The maximum Gasteiger partial charge on any atom is 0.206 e. The standard InChI is InChI=1S/C12H11ClN2OS/c1-2-3-10-12(17-15-14-10)11(16)8-4-6-9(13)7-5-8/h4-7H,2-3H2,1H3. The molecule has 17 heavy (non-hydrogen) atoms. The second-order valence-electron chi connectivity index (χ2n) is 3.63. The van der Waals surface area contributed by atoms with Gasteiger partial charge < -0.3 is 0 Å². The van der Waals surface area contributed by atoms with Crippen LogP contribution in [0.5, 0.6) is 0 Å². The second kappa shape index (κ2) is 5.38. The van der Waals surface area contributed by atoms with Gasteiger partial charge in [-0.1, -0.05) is 29.4 Å². The lowest BCUT2D eigenvalue weighted by Gasteiger charge is -2.00. The van der Waals surface area contributed by atoms with E-state index in [1.54, 1.807) is 24.3 Å². The predicted octanol–water partition coefficient (Wildman–Crippen LogP) is 3.38. The average molecular weight is 267 g/mol. The van der Waals surface area contributed by atoms with E-state index in [9.17, 15) is 4.79 Å². The molecule has 3 nitrogen and oxygen atoms in total. The van der Waals surface area contributed by atoms with Crippen molar-refractivity contribution in [3.63, 3.8) is 0 Å². The van der Waals surface area contributed by atoms with E-state index in [-0.39, 0.29) is 5.78 Å². The number of ketones is 1. The van der Waals surface area contributed by atoms with Crippen LogP contribution in [0.2, 0.25) is 5.02 Å². The van der Waals surface area contributed by atoms with E-state index in [1.807, 2.05) is 0 Å². The lowest BCUT2D eigenvalue weighted by molar-refractivity contribution is 0.104. The third kappa shape index (κ3) is 2.70. The summed E-state index contributed by atoms with van der Waals surface area (Å²) >= 11 is 6.94. The SMILES string of the molecule is CCCc1nnsc1C(=O)c1ccc(Cl)cc1. The maximum atomic E-state index is 12.2. The molecule has 2 rings (SSSR count). The highest BCUT2D eigenvalue weighted by Crippen LogP contribution is 2.19. The summed E-state index contributed by atoms with van der Waals surface area (Å²) in [6, 6.07) is 6.87. The van der Waals surface area contributed by atoms with Gasteiger partial charge >= 0.3 is 0 Å². The number of halogens is 1. The van der Waals surface area contributed by atoms with Gasteiger partial charge in [0.15, 0.2) is 0 Å². The van der Waals surface area contributed by atoms with Crippen molar-refractivity contribution in [2.45, 2.75) is 19.8 Å². The van der Waals surface area contributed by atoms with Crippen LogP contribution in [-0.4, -0.2) is 15.4 Å². The summed E-state index contributed by atoms with van der Waals surface area (Å²) in [7, 11) is 0. The molecule has 0 bridgehead atoms. The molecule has 2 aromatic rings. The van der Waals surface area contributed by atoms with E-state index in [0.29, 0.717) is 15.5 Å². The number of carbonyl (C=O) groups excluding carboxylic acids is 1. The predicted molar refractivity (Wildman–Crippen MR) is 68.8 cm³/mol. The van der Waals surface area contributed by atoms with E-state index in [1.165, 1.54) is 0 Å². The Hall–Kier alpha value is -1.26. The largest absolute Gasteiger partial charge is 0.288 e. The molecule has 1 aromatic carbocycles. The topological polar surface area (TPSA) is 42.9 Å². The minimum absolute atomic E-state index is 0.0277. The van der Waals surface area contributed by atoms with Crippen LogP contribution in [0.15, 0.2) is 24.3 Å². The van der Waals surface area contributed by atoms with Gasteiger partial charge in [0, 0.05) is 10.6 Å². The highest BCUT2D eigenvalue weighted by molar-refractivity contribution is 7.08. The van der Waals surface area contributed by atoms with Crippen molar-refractivity contribution in [3.8, 4) is 0 Å². The van der Waals surface area contributed by atoms with Gasteiger partial charge in [0.25, 0.3) is 0 Å². The Morgan fingerprint density at radius 1 is 1.35 bits per heavy atom. The van der Waals surface area contributed by atoms with Crippen LogP contribution in [0.4, 0.5) is 0 Å². The van der Waals surface area contributed by atoms with Gasteiger partial charge in [-0.3, -0.25) is 4.79 Å². The summed E-state index contributed by atoms with van der Waals surface area (Å²) in [5.74, 6) is -0.0277. The first-order chi connectivity index (χ1) is 8.22. The van der Waals surface area contributed by atoms with Crippen molar-refractivity contribution in [2.75, 3.05) is 0 Å². The van der Waals surface area contributed by atoms with Gasteiger partial charge in [-0.15, -0.1) is 5.10 Å². The smallest absolute Gasteiger partial charge is 0.206 e. The molecule has 0 amide bonds. The lowest BCUT2D eigenvalue weighted by Crippen LogP contribution is -2.02. The first-order valence-corrected chi connectivity index (χ1v) is 6.49. The number of hydrogen-bond acceptors (Lipinski definition) is 4. The Balaban J connectivity index is 2.30. The van der Waals surface area contributed by atoms with Crippen LogP contribution in [0.3, 0.4) is 0 Å². The number of benzene rings is 1. The molecule has 0 aliphatic heterocycles. The molecular weight excluding hydrogens is 256 g/mol. The molecule has 1 heterocycles. The molecule has 0 aliphatic carbocycles. The zero-order valence-electron chi connectivity index (χ0n) is 9.31. The second-order valence-corrected chi connectivity index (χ2v) is 4.83. The molecular formula is C12H11ClN2OS. The maximum absolute atomic E-state index is 12.2. The summed E-state index contributed by atoms with van der Waals surface area (Å²) in [6.45, 7) is 2.05. The van der Waals surface area contributed by atoms with Crippen molar-refractivity contribution < 1.29 is 4.79 Å². The third-order valence-corrected chi connectivity index (χ3v) is 3.37. The molecule has 0 fully saturated rings. The van der Waals surface area contributed by atoms with E-state index in [2.05, 4.69) is 16.5 Å². The number of carbonyl (C=O) groups is 1. The van der Waals surface area contributed by atoms with Crippen molar-refractivity contribution in [3.05, 3.63) is 45.4 Å². The molecule has 1 aromatic heterocycles. The Kier molecular flexibility index (Phi) is 3.86. The summed E-state index contributed by atoms with van der Waals surface area (Å²) < 4.78 is 3.85. The molecule has 0 unspecified atom stereocenters. The van der Waals surface area contributed by atoms with Crippen molar-refractivity contribution in [1.29, 1.82) is 0 Å². The molecule has 5 heteroatoms. The van der Waals surface area contributed by atoms with E-state index >= 15 is 0 Å². The Bertz CT molecular complexity index is 522. The summed E-state index contributed by atoms with van der Waals surface area (Å²) in [4.78, 5) is 12.8. The fourth-order valence-electron chi connectivity index (χ4n) is 1.51. The monoisotopic (exact) mass is 266 g/mol. The average Bonchev–Trinajstić information content (AvgIpc) is 2.78. The molecule has 0 aliphatic rings. The van der Waals surface area contributed by atoms with Crippen LogP contribution in [0.1, 0.15) is 34.3 Å². The van der Waals surface area contributed by atoms with Gasteiger partial charge in [-0.2, -0.15) is 0 Å². The fourth-order valence-corrected chi connectivity index (χ4v) is 2.31.